The number of imidazole rings is 1. The van der Waals surface area contributed by atoms with Crippen LogP contribution in [0, 0.1) is 0 Å². The molecule has 0 spiro atoms. The Morgan fingerprint density at radius 3 is 1.83 bits per heavy atom. The minimum atomic E-state index is -1.82. The molecule has 1 aromatic heterocycles. The van der Waals surface area contributed by atoms with Crippen LogP contribution in [0.4, 0.5) is 0 Å². The molecule has 31 nitrogen and oxygen atoms in total. The van der Waals surface area contributed by atoms with Crippen molar-refractivity contribution < 1.29 is 53.4 Å². The summed E-state index contributed by atoms with van der Waals surface area (Å²) in [6.45, 7) is -0.835. The Labute approximate surface area is 434 Å². The van der Waals surface area contributed by atoms with Crippen LogP contribution in [0.15, 0.2) is 17.5 Å². The molecule has 0 radical (unpaired) electrons. The van der Waals surface area contributed by atoms with E-state index < -0.39 is 133 Å². The maximum absolute atomic E-state index is 14.2. The first-order valence-corrected chi connectivity index (χ1v) is 25.1. The number of likely N-dealkylation sites (tertiary alicyclic amines) is 1. The van der Waals surface area contributed by atoms with Gasteiger partial charge in [0.1, 0.15) is 42.3 Å². The number of aromatic amines is 1. The maximum atomic E-state index is 14.2. The van der Waals surface area contributed by atoms with Crippen LogP contribution in [-0.2, 0) is 49.6 Å². The zero-order chi connectivity index (χ0) is 56.0. The van der Waals surface area contributed by atoms with Crippen molar-refractivity contribution in [3.05, 3.63) is 18.2 Å². The number of aliphatic hydroxyl groups excluding tert-OH is 2. The summed E-state index contributed by atoms with van der Waals surface area (Å²) in [5.74, 6) is -7.83. The van der Waals surface area contributed by atoms with Gasteiger partial charge in [-0.1, -0.05) is 6.42 Å². The number of aliphatic hydroxyl groups is 2. The number of carbonyl (C=O) groups excluding carboxylic acids is 9. The highest BCUT2D eigenvalue weighted by Crippen LogP contribution is 2.20. The summed E-state index contributed by atoms with van der Waals surface area (Å²) < 4.78 is 0. The van der Waals surface area contributed by atoms with E-state index >= 15 is 0 Å². The minimum absolute atomic E-state index is 0.00300. The molecule has 75 heavy (non-hydrogen) atoms. The Hall–Kier alpha value is -6.61. The van der Waals surface area contributed by atoms with E-state index in [1.54, 1.807) is 0 Å². The molecule has 31 heteroatoms. The fourth-order valence-electron chi connectivity index (χ4n) is 7.88. The lowest BCUT2D eigenvalue weighted by atomic mass is 10.0. The van der Waals surface area contributed by atoms with Crippen LogP contribution in [0.25, 0.3) is 0 Å². The van der Waals surface area contributed by atoms with Crippen LogP contribution >= 0.6 is 0 Å². The Morgan fingerprint density at radius 1 is 0.667 bits per heavy atom. The average molecular weight is 1070 g/mol. The van der Waals surface area contributed by atoms with E-state index in [0.29, 0.717) is 57.3 Å². The van der Waals surface area contributed by atoms with E-state index in [1.165, 1.54) is 17.4 Å². The van der Waals surface area contributed by atoms with Crippen molar-refractivity contribution in [2.45, 2.75) is 144 Å². The Kier molecular flexibility index (Phi) is 29.9. The van der Waals surface area contributed by atoms with Gasteiger partial charge in [-0.3, -0.25) is 48.1 Å². The van der Waals surface area contributed by atoms with Gasteiger partial charge in [0.15, 0.2) is 5.96 Å². The number of nitrogens with two attached hydrogens (primary N) is 9. The SMILES string of the molecule is NCCCC[C@H](NC(=O)C(Cc1cnc[nH]1)NC(=O)[C@@H]1CCCN1C(=O)[C@@H](CCCN)NC(=O)CNC(=O)[C@@H](NC(=O)[C@@H](NC(=O)[C@@H](N)CCCCN)[C@@H](O)CN)[C@@H](O)CN)C(=O)N[C@H](CCCN=C(N)N)C(N)=O. The van der Waals surface area contributed by atoms with E-state index in [-0.39, 0.29) is 70.5 Å². The number of amides is 9. The van der Waals surface area contributed by atoms with Crippen LogP contribution in [0.1, 0.15) is 82.7 Å². The van der Waals surface area contributed by atoms with Gasteiger partial charge in [-0.2, -0.15) is 0 Å². The number of nitrogens with zero attached hydrogens (tertiary/aromatic N) is 3. The van der Waals surface area contributed by atoms with Crippen molar-refractivity contribution in [3.8, 4) is 0 Å². The maximum Gasteiger partial charge on any atom is 0.246 e. The molecule has 1 unspecified atom stereocenters. The van der Waals surface area contributed by atoms with Crippen molar-refractivity contribution in [3.63, 3.8) is 0 Å². The lowest BCUT2D eigenvalue weighted by molar-refractivity contribution is -0.142. The third-order valence-corrected chi connectivity index (χ3v) is 12.1. The number of H-pyrrole nitrogens is 1. The molecule has 1 saturated heterocycles. The summed E-state index contributed by atoms with van der Waals surface area (Å²) in [6.07, 6.45) is 2.74. The molecule has 1 aliphatic rings. The van der Waals surface area contributed by atoms with Gasteiger partial charge in [-0.05, 0) is 90.3 Å². The summed E-state index contributed by atoms with van der Waals surface area (Å²) in [5, 5.41) is 38.5. The van der Waals surface area contributed by atoms with Crippen molar-refractivity contribution in [2.24, 2.45) is 56.6 Å². The number of nitrogens with one attached hydrogen (secondary N) is 8. The van der Waals surface area contributed by atoms with Crippen molar-refractivity contribution >= 4 is 59.1 Å². The summed E-state index contributed by atoms with van der Waals surface area (Å²) in [6, 6.07) is -10.7. The summed E-state index contributed by atoms with van der Waals surface area (Å²) in [5.41, 5.74) is 50.9. The molecular formula is C44H82N20O11. The monoisotopic (exact) mass is 1070 g/mol. The van der Waals surface area contributed by atoms with Gasteiger partial charge in [-0.15, -0.1) is 0 Å². The van der Waals surface area contributed by atoms with Crippen molar-refractivity contribution in [1.29, 1.82) is 0 Å². The van der Waals surface area contributed by atoms with Gasteiger partial charge >= 0.3 is 0 Å². The standard InChI is InChI=1S/C44H82N20O11/c45-13-3-1-8-25(50)37(69)62-35(32(66)20-49)42(74)63-34(31(65)19-48)41(73)56-22-33(67)58-28(10-5-15-47)43(75)64-17-7-12-30(64)40(72)61-29(18-24-21-54-23-57-24)39(71)60-27(9-2-4-14-46)38(70)59-26(36(51)68)11-6-16-55-44(52)53/h21,23,25-32,34-35,65-66H,1-20,22,45-50H2,(H2,51,68)(H,54,57)(H,56,73)(H,58,67)(H,59,70)(H,60,71)(H,61,72)(H,62,69)(H,63,74)(H4,52,53,55)/t25-,26+,27-,28+,29?,30-,31-,32-,34-,35-/m0/s1. The van der Waals surface area contributed by atoms with E-state index in [1.807, 2.05) is 0 Å². The topological polar surface area (TPSA) is 557 Å². The lowest BCUT2D eigenvalue weighted by Gasteiger charge is -2.30. The Morgan fingerprint density at radius 2 is 1.24 bits per heavy atom. The van der Waals surface area contributed by atoms with E-state index in [4.69, 9.17) is 51.6 Å². The van der Waals surface area contributed by atoms with Gasteiger partial charge in [0.25, 0.3) is 0 Å². The van der Waals surface area contributed by atoms with Crippen LogP contribution < -0.4 is 88.8 Å². The molecule has 2 rings (SSSR count). The largest absolute Gasteiger partial charge is 0.389 e. The molecule has 1 aromatic rings. The molecule has 28 N–H and O–H groups in total. The average Bonchev–Trinajstić information content (AvgIpc) is 4.10. The van der Waals surface area contributed by atoms with Gasteiger partial charge < -0.3 is 109 Å². The second kappa shape index (κ2) is 34.8. The second-order valence-corrected chi connectivity index (χ2v) is 18.0. The quantitative estimate of drug-likeness (QED) is 0.0167. The van der Waals surface area contributed by atoms with Crippen LogP contribution in [0.5, 0.6) is 0 Å². The summed E-state index contributed by atoms with van der Waals surface area (Å²) in [4.78, 5) is 133. The molecule has 424 valence electrons. The molecule has 0 saturated carbocycles. The molecule has 0 bridgehead atoms. The number of unbranched alkanes of at least 4 members (excludes halogenated alkanes) is 2. The first-order chi connectivity index (χ1) is 35.7. The Bertz CT molecular complexity index is 2010. The smallest absolute Gasteiger partial charge is 0.246 e. The normalized spacial score (nSPS) is 16.8. The van der Waals surface area contributed by atoms with Gasteiger partial charge in [0.05, 0.1) is 31.1 Å². The third-order valence-electron chi connectivity index (χ3n) is 12.1. The number of primary amides is 1. The minimum Gasteiger partial charge on any atom is -0.389 e. The van der Waals surface area contributed by atoms with Crippen LogP contribution in [0.2, 0.25) is 0 Å². The number of guanidine groups is 1. The molecular weight excluding hydrogens is 985 g/mol. The molecule has 0 aromatic carbocycles. The van der Waals surface area contributed by atoms with Crippen molar-refractivity contribution in [1.82, 2.24) is 52.1 Å². The fourth-order valence-corrected chi connectivity index (χ4v) is 7.88. The molecule has 1 aliphatic heterocycles. The number of rotatable bonds is 37. The number of hydrogen-bond donors (Lipinski definition) is 19. The van der Waals surface area contributed by atoms with E-state index in [2.05, 4.69) is 52.2 Å². The summed E-state index contributed by atoms with van der Waals surface area (Å²) in [7, 11) is 0. The number of hydrogen-bond acceptors (Lipinski definition) is 19. The first-order valence-electron chi connectivity index (χ1n) is 25.1. The highest BCUT2D eigenvalue weighted by atomic mass is 16.3. The highest BCUT2D eigenvalue weighted by molar-refractivity contribution is 5.98. The van der Waals surface area contributed by atoms with Gasteiger partial charge in [0.2, 0.25) is 53.2 Å². The number of aromatic nitrogens is 2. The van der Waals surface area contributed by atoms with E-state index in [0.717, 1.165) is 0 Å². The Balaban J connectivity index is 2.26. The second-order valence-electron chi connectivity index (χ2n) is 18.0. The zero-order valence-electron chi connectivity index (χ0n) is 42.4. The fraction of sp³-hybridized carbons (Fsp3) is 0.705. The van der Waals surface area contributed by atoms with Crippen molar-refractivity contribution in [2.75, 3.05) is 52.4 Å². The van der Waals surface area contributed by atoms with Gasteiger partial charge in [0, 0.05) is 44.5 Å². The predicted octanol–water partition coefficient (Wildman–Crippen LogP) is -9.53. The zero-order valence-corrected chi connectivity index (χ0v) is 42.4. The van der Waals surface area contributed by atoms with Gasteiger partial charge in [-0.25, -0.2) is 4.98 Å². The van der Waals surface area contributed by atoms with Crippen LogP contribution in [0.3, 0.4) is 0 Å². The molecule has 9 amide bonds. The number of carbonyl (C=O) groups is 9. The molecule has 1 fully saturated rings. The summed E-state index contributed by atoms with van der Waals surface area (Å²) >= 11 is 0. The lowest BCUT2D eigenvalue weighted by Crippen LogP contribution is -2.63. The predicted molar refractivity (Wildman–Crippen MR) is 273 cm³/mol. The molecule has 2 heterocycles. The molecule has 10 atom stereocenters. The third kappa shape index (κ3) is 22.8. The van der Waals surface area contributed by atoms with E-state index in [9.17, 15) is 53.4 Å². The van der Waals surface area contributed by atoms with Crippen LogP contribution in [-0.4, -0.2) is 197 Å². The highest BCUT2D eigenvalue weighted by Gasteiger charge is 2.40. The molecule has 0 aliphatic carbocycles. The number of aliphatic imine (C=N–C) groups is 1. The first kappa shape index (κ1) is 64.5.